The maximum absolute atomic E-state index is 4.94. The first-order valence-corrected chi connectivity index (χ1v) is 16.5. The Kier molecular flexibility index (Phi) is 7.26. The van der Waals surface area contributed by atoms with Crippen molar-refractivity contribution in [3.63, 3.8) is 0 Å². The molecule has 0 unspecified atom stereocenters. The van der Waals surface area contributed by atoms with Crippen LogP contribution in [0.1, 0.15) is 59.3 Å². The van der Waals surface area contributed by atoms with E-state index in [0.29, 0.717) is 0 Å². The van der Waals surface area contributed by atoms with Crippen molar-refractivity contribution in [3.8, 4) is 0 Å². The van der Waals surface area contributed by atoms with E-state index in [1.165, 1.54) is 62.7 Å². The summed E-state index contributed by atoms with van der Waals surface area (Å²) < 4.78 is 7.00. The molecule has 0 radical (unpaired) electrons. The van der Waals surface area contributed by atoms with Gasteiger partial charge in [-0.25, -0.2) is 0 Å². The van der Waals surface area contributed by atoms with Crippen LogP contribution in [-0.2, 0) is 0 Å². The molecule has 0 atom stereocenters. The number of para-hydroxylation sites is 1. The van der Waals surface area contributed by atoms with Crippen molar-refractivity contribution in [2.45, 2.75) is 72.6 Å². The molecule has 0 fully saturated rings. The molecule has 0 bridgehead atoms. The summed E-state index contributed by atoms with van der Waals surface area (Å²) in [5, 5.41) is 6.26. The van der Waals surface area contributed by atoms with Crippen LogP contribution in [-0.4, -0.2) is 26.7 Å². The first-order chi connectivity index (χ1) is 10.8. The fraction of sp³-hybridized carbons (Fsp3) is 0.632. The molecule has 0 amide bonds. The zero-order chi connectivity index (χ0) is 15.8. The summed E-state index contributed by atoms with van der Waals surface area (Å²) in [4.78, 5) is 0. The summed E-state index contributed by atoms with van der Waals surface area (Å²) in [6.45, 7) is 6.99. The molecule has 2 nitrogen and oxygen atoms in total. The number of nitrogens with zero attached hydrogens (tertiary/aromatic N) is 2. The third kappa shape index (κ3) is 4.06. The molecule has 0 N–H and O–H groups in total. The Hall–Kier alpha value is -0.511. The summed E-state index contributed by atoms with van der Waals surface area (Å²) in [7, 11) is 0. The summed E-state index contributed by atoms with van der Waals surface area (Å²) in [6.07, 6.45) is 10.2. The number of unbranched alkanes of at least 4 members (excludes halogenated alkanes) is 3. The Bertz CT molecular complexity index is 540. The number of hydrogen-bond donors (Lipinski definition) is 0. The van der Waals surface area contributed by atoms with Crippen LogP contribution in [0.25, 0.3) is 10.9 Å². The zero-order valence-corrected chi connectivity index (χ0v) is 17.5. The second kappa shape index (κ2) is 8.95. The molecule has 0 spiro atoms. The number of benzene rings is 1. The van der Waals surface area contributed by atoms with E-state index in [4.69, 9.17) is 5.10 Å². The molecule has 22 heavy (non-hydrogen) atoms. The summed E-state index contributed by atoms with van der Waals surface area (Å²) >= 11 is -2.44. The molecule has 0 aliphatic rings. The van der Waals surface area contributed by atoms with E-state index >= 15 is 0 Å². The van der Waals surface area contributed by atoms with E-state index in [0.717, 1.165) is 0 Å². The van der Waals surface area contributed by atoms with Gasteiger partial charge in [0.2, 0.25) is 0 Å². The van der Waals surface area contributed by atoms with Gasteiger partial charge < -0.3 is 0 Å². The second-order valence-electron chi connectivity index (χ2n) is 6.65. The molecule has 0 saturated heterocycles. The van der Waals surface area contributed by atoms with E-state index in [1.54, 1.807) is 0 Å². The van der Waals surface area contributed by atoms with Gasteiger partial charge in [-0.2, -0.15) is 0 Å². The first kappa shape index (κ1) is 17.8. The van der Waals surface area contributed by atoms with E-state index in [2.05, 4.69) is 54.1 Å². The predicted octanol–water partition coefficient (Wildman–Crippen LogP) is 6.23. The van der Waals surface area contributed by atoms with Crippen LogP contribution in [0.2, 0.25) is 13.3 Å². The molecule has 0 aliphatic heterocycles. The molecule has 2 rings (SSSR count). The van der Waals surface area contributed by atoms with Gasteiger partial charge in [-0.05, 0) is 0 Å². The third-order valence-corrected chi connectivity index (χ3v) is 19.5. The van der Waals surface area contributed by atoms with Crippen molar-refractivity contribution in [1.29, 1.82) is 0 Å². The average Bonchev–Trinajstić information content (AvgIpc) is 2.99. The van der Waals surface area contributed by atoms with Crippen molar-refractivity contribution >= 4 is 29.6 Å². The Morgan fingerprint density at radius 1 is 0.864 bits per heavy atom. The monoisotopic (exact) mass is 408 g/mol. The summed E-state index contributed by atoms with van der Waals surface area (Å²) in [5.74, 6) is 0. The second-order valence-corrected chi connectivity index (χ2v) is 19.1. The van der Waals surface area contributed by atoms with Gasteiger partial charge in [0.15, 0.2) is 0 Å². The molecule has 1 heterocycles. The van der Waals surface area contributed by atoms with Crippen molar-refractivity contribution < 1.29 is 0 Å². The van der Waals surface area contributed by atoms with Crippen LogP contribution in [0, 0.1) is 0 Å². The molecule has 3 heteroatoms. The van der Waals surface area contributed by atoms with E-state index < -0.39 is 18.7 Å². The fourth-order valence-corrected chi connectivity index (χ4v) is 19.1. The Balaban J connectivity index is 2.42. The standard InChI is InChI=1S/C7H5N2.3C4H9.Sn/c1-2-4-7-6(3-1)5-8-9-7;3*1-3-4-2;/h1-5H;3*1,3-4H2,2H3;/q-1;;;;+1. The molecular formula is C19H32N2Sn. The van der Waals surface area contributed by atoms with Crippen LogP contribution in [0.3, 0.4) is 0 Å². The SMILES string of the molecule is CCC[CH2][Sn]([CH2]CCC)([CH2]CCC)[n]1ncc2ccccc21. The van der Waals surface area contributed by atoms with E-state index in [-0.39, 0.29) is 0 Å². The van der Waals surface area contributed by atoms with Crippen molar-refractivity contribution in [1.82, 2.24) is 8.00 Å². The van der Waals surface area contributed by atoms with Gasteiger partial charge in [0.1, 0.15) is 0 Å². The van der Waals surface area contributed by atoms with Gasteiger partial charge in [0.25, 0.3) is 0 Å². The fourth-order valence-electron chi connectivity index (χ4n) is 3.56. The number of aromatic nitrogens is 2. The van der Waals surface area contributed by atoms with Crippen molar-refractivity contribution in [2.75, 3.05) is 0 Å². The van der Waals surface area contributed by atoms with Gasteiger partial charge in [-0.15, -0.1) is 0 Å². The topological polar surface area (TPSA) is 17.8 Å². The number of rotatable bonds is 10. The molecule has 122 valence electrons. The molecule has 1 aromatic carbocycles. The predicted molar refractivity (Wildman–Crippen MR) is 100 cm³/mol. The molecule has 2 aromatic rings. The molecule has 0 aliphatic carbocycles. The summed E-state index contributed by atoms with van der Waals surface area (Å²) in [5.41, 5.74) is 1.40. The van der Waals surface area contributed by atoms with Gasteiger partial charge in [-0.1, -0.05) is 0 Å². The number of fused-ring (bicyclic) bond motifs is 1. The maximum atomic E-state index is 4.94. The quantitative estimate of drug-likeness (QED) is 0.427. The van der Waals surface area contributed by atoms with Gasteiger partial charge in [0, 0.05) is 0 Å². The normalized spacial score (nSPS) is 12.1. The van der Waals surface area contributed by atoms with Gasteiger partial charge in [-0.3, -0.25) is 0 Å². The van der Waals surface area contributed by atoms with Crippen molar-refractivity contribution in [3.05, 3.63) is 30.5 Å². The zero-order valence-electron chi connectivity index (χ0n) is 14.6. The Morgan fingerprint density at radius 3 is 1.95 bits per heavy atom. The average molecular weight is 407 g/mol. The van der Waals surface area contributed by atoms with Crippen LogP contribution < -0.4 is 0 Å². The molecular weight excluding hydrogens is 375 g/mol. The van der Waals surface area contributed by atoms with Gasteiger partial charge in [0.05, 0.1) is 0 Å². The minimum atomic E-state index is -2.44. The van der Waals surface area contributed by atoms with E-state index in [1.807, 2.05) is 0 Å². The van der Waals surface area contributed by atoms with Crippen LogP contribution >= 0.6 is 0 Å². The van der Waals surface area contributed by atoms with Crippen LogP contribution in [0.15, 0.2) is 30.5 Å². The summed E-state index contributed by atoms with van der Waals surface area (Å²) in [6, 6.07) is 8.82. The minimum absolute atomic E-state index is 1.32. The number of hydrogen-bond acceptors (Lipinski definition) is 1. The molecule has 0 saturated carbocycles. The Morgan fingerprint density at radius 2 is 1.41 bits per heavy atom. The first-order valence-electron chi connectivity index (χ1n) is 9.20. The third-order valence-electron chi connectivity index (χ3n) is 4.91. The molecule has 1 aromatic heterocycles. The van der Waals surface area contributed by atoms with Crippen LogP contribution in [0.5, 0.6) is 0 Å². The van der Waals surface area contributed by atoms with Gasteiger partial charge >= 0.3 is 141 Å². The van der Waals surface area contributed by atoms with Crippen molar-refractivity contribution in [2.24, 2.45) is 0 Å². The van der Waals surface area contributed by atoms with E-state index in [9.17, 15) is 0 Å². The Labute approximate surface area is 140 Å². The van der Waals surface area contributed by atoms with Crippen LogP contribution in [0.4, 0.5) is 0 Å².